The van der Waals surface area contributed by atoms with E-state index in [0.29, 0.717) is 11.4 Å². The van der Waals surface area contributed by atoms with Crippen molar-refractivity contribution in [3.05, 3.63) is 45.8 Å². The number of nitro benzene ring substituents is 1. The molecule has 8 nitrogen and oxygen atoms in total. The molecule has 0 saturated carbocycles. The van der Waals surface area contributed by atoms with Crippen LogP contribution in [0.4, 0.5) is 11.6 Å². The second-order valence-electron chi connectivity index (χ2n) is 3.90. The highest BCUT2D eigenvalue weighted by atomic mass is 16.6. The minimum Gasteiger partial charge on any atom is -0.293 e. The normalized spacial score (nSPS) is 10.2. The van der Waals surface area contributed by atoms with Crippen LogP contribution in [0.5, 0.6) is 0 Å². The van der Waals surface area contributed by atoms with Crippen LogP contribution in [-0.4, -0.2) is 26.0 Å². The van der Waals surface area contributed by atoms with Gasteiger partial charge in [-0.2, -0.15) is 4.98 Å². The van der Waals surface area contributed by atoms with Crippen molar-refractivity contribution in [2.75, 3.05) is 5.32 Å². The van der Waals surface area contributed by atoms with Gasteiger partial charge >= 0.3 is 0 Å². The van der Waals surface area contributed by atoms with Crippen LogP contribution in [0.25, 0.3) is 0 Å². The average Bonchev–Trinajstić information content (AvgIpc) is 2.74. The molecule has 2 rings (SSSR count). The van der Waals surface area contributed by atoms with Crippen molar-refractivity contribution in [3.8, 4) is 0 Å². The molecule has 1 heterocycles. The van der Waals surface area contributed by atoms with E-state index in [2.05, 4.69) is 20.5 Å². The Balaban J connectivity index is 2.02. The SMILES string of the molecule is Cc1nc(NC(=O)Cc2cccc([N+](=O)[O-])c2)n[nH]1. The number of hydrogen-bond acceptors (Lipinski definition) is 5. The minimum absolute atomic E-state index is 0.0231. The Labute approximate surface area is 108 Å². The summed E-state index contributed by atoms with van der Waals surface area (Å²) >= 11 is 0. The largest absolute Gasteiger partial charge is 0.293 e. The van der Waals surface area contributed by atoms with Gasteiger partial charge in [0.1, 0.15) is 5.82 Å². The lowest BCUT2D eigenvalue weighted by Crippen LogP contribution is -2.15. The Hall–Kier alpha value is -2.77. The van der Waals surface area contributed by atoms with E-state index in [1.165, 1.54) is 18.2 Å². The molecule has 0 aliphatic carbocycles. The van der Waals surface area contributed by atoms with Gasteiger partial charge in [0, 0.05) is 12.1 Å². The molecule has 0 fully saturated rings. The number of carbonyl (C=O) groups excluding carboxylic acids is 1. The lowest BCUT2D eigenvalue weighted by atomic mass is 10.1. The number of non-ortho nitro benzene ring substituents is 1. The molecule has 19 heavy (non-hydrogen) atoms. The van der Waals surface area contributed by atoms with Gasteiger partial charge in [0.25, 0.3) is 5.69 Å². The topological polar surface area (TPSA) is 114 Å². The van der Waals surface area contributed by atoms with Gasteiger partial charge < -0.3 is 0 Å². The molecule has 0 spiro atoms. The third-order valence-electron chi connectivity index (χ3n) is 2.33. The number of anilines is 1. The van der Waals surface area contributed by atoms with Crippen molar-refractivity contribution < 1.29 is 9.72 Å². The molecular weight excluding hydrogens is 250 g/mol. The highest BCUT2D eigenvalue weighted by Crippen LogP contribution is 2.13. The lowest BCUT2D eigenvalue weighted by molar-refractivity contribution is -0.384. The molecule has 0 radical (unpaired) electrons. The Bertz CT molecular complexity index is 622. The van der Waals surface area contributed by atoms with Gasteiger partial charge in [0.15, 0.2) is 0 Å². The third-order valence-corrected chi connectivity index (χ3v) is 2.33. The predicted octanol–water partition coefficient (Wildman–Crippen LogP) is 1.20. The van der Waals surface area contributed by atoms with Gasteiger partial charge in [-0.3, -0.25) is 25.3 Å². The minimum atomic E-state index is -0.500. The van der Waals surface area contributed by atoms with Crippen LogP contribution in [0.1, 0.15) is 11.4 Å². The third kappa shape index (κ3) is 3.35. The molecule has 0 atom stereocenters. The summed E-state index contributed by atoms with van der Waals surface area (Å²) in [5.41, 5.74) is 0.512. The Morgan fingerprint density at radius 3 is 2.95 bits per heavy atom. The zero-order valence-electron chi connectivity index (χ0n) is 10.1. The van der Waals surface area contributed by atoms with Gasteiger partial charge in [0.05, 0.1) is 11.3 Å². The van der Waals surface area contributed by atoms with Gasteiger partial charge in [-0.15, -0.1) is 5.10 Å². The summed E-state index contributed by atoms with van der Waals surface area (Å²) in [6, 6.07) is 5.93. The first-order chi connectivity index (χ1) is 9.04. The number of aromatic nitrogens is 3. The van der Waals surface area contributed by atoms with Gasteiger partial charge in [-0.1, -0.05) is 12.1 Å². The van der Waals surface area contributed by atoms with Gasteiger partial charge in [-0.25, -0.2) is 0 Å². The second kappa shape index (κ2) is 5.25. The molecule has 8 heteroatoms. The van der Waals surface area contributed by atoms with Crippen molar-refractivity contribution in [2.24, 2.45) is 0 Å². The van der Waals surface area contributed by atoms with Gasteiger partial charge in [-0.05, 0) is 12.5 Å². The Morgan fingerprint density at radius 1 is 1.53 bits per heavy atom. The van der Waals surface area contributed by atoms with Crippen molar-refractivity contribution in [1.29, 1.82) is 0 Å². The van der Waals surface area contributed by atoms with Crippen LogP contribution >= 0.6 is 0 Å². The van der Waals surface area contributed by atoms with Crippen LogP contribution in [0.3, 0.4) is 0 Å². The van der Waals surface area contributed by atoms with E-state index in [4.69, 9.17) is 0 Å². The smallest absolute Gasteiger partial charge is 0.269 e. The van der Waals surface area contributed by atoms with Crippen LogP contribution in [0.2, 0.25) is 0 Å². The van der Waals surface area contributed by atoms with E-state index in [9.17, 15) is 14.9 Å². The van der Waals surface area contributed by atoms with E-state index in [1.54, 1.807) is 13.0 Å². The molecular formula is C11H11N5O3. The van der Waals surface area contributed by atoms with Crippen LogP contribution in [-0.2, 0) is 11.2 Å². The lowest BCUT2D eigenvalue weighted by Gasteiger charge is -2.01. The van der Waals surface area contributed by atoms with Crippen LogP contribution in [0.15, 0.2) is 24.3 Å². The first-order valence-corrected chi connectivity index (χ1v) is 5.47. The van der Waals surface area contributed by atoms with Crippen LogP contribution < -0.4 is 5.32 Å². The van der Waals surface area contributed by atoms with E-state index >= 15 is 0 Å². The van der Waals surface area contributed by atoms with E-state index < -0.39 is 4.92 Å². The fraction of sp³-hybridized carbons (Fsp3) is 0.182. The number of nitro groups is 1. The highest BCUT2D eigenvalue weighted by Gasteiger charge is 2.10. The Morgan fingerprint density at radius 2 is 2.32 bits per heavy atom. The van der Waals surface area contributed by atoms with Crippen molar-refractivity contribution in [2.45, 2.75) is 13.3 Å². The number of benzene rings is 1. The molecule has 1 aromatic heterocycles. The number of nitrogens with one attached hydrogen (secondary N) is 2. The number of hydrogen-bond donors (Lipinski definition) is 2. The molecule has 1 aromatic carbocycles. The highest BCUT2D eigenvalue weighted by molar-refractivity contribution is 5.90. The summed E-state index contributed by atoms with van der Waals surface area (Å²) in [5.74, 6) is 0.443. The van der Waals surface area contributed by atoms with Crippen molar-refractivity contribution >= 4 is 17.5 Å². The second-order valence-corrected chi connectivity index (χ2v) is 3.90. The molecule has 0 unspecified atom stereocenters. The molecule has 2 N–H and O–H groups in total. The first-order valence-electron chi connectivity index (χ1n) is 5.47. The van der Waals surface area contributed by atoms with E-state index in [0.717, 1.165) is 0 Å². The van der Waals surface area contributed by atoms with Crippen molar-refractivity contribution in [1.82, 2.24) is 15.2 Å². The number of aromatic amines is 1. The molecule has 0 aliphatic rings. The maximum Gasteiger partial charge on any atom is 0.269 e. The summed E-state index contributed by atoms with van der Waals surface area (Å²) in [4.78, 5) is 25.7. The summed E-state index contributed by atoms with van der Waals surface area (Å²) in [7, 11) is 0. The quantitative estimate of drug-likeness (QED) is 0.634. The number of aryl methyl sites for hydroxylation is 1. The summed E-state index contributed by atoms with van der Waals surface area (Å²) < 4.78 is 0. The molecule has 0 aliphatic heterocycles. The molecule has 0 saturated heterocycles. The van der Waals surface area contributed by atoms with Crippen molar-refractivity contribution in [3.63, 3.8) is 0 Å². The van der Waals surface area contributed by atoms with Crippen LogP contribution in [0, 0.1) is 17.0 Å². The maximum atomic E-state index is 11.7. The summed E-state index contributed by atoms with van der Waals surface area (Å²) in [6.07, 6.45) is 0.0231. The number of nitrogens with zero attached hydrogens (tertiary/aromatic N) is 3. The summed E-state index contributed by atoms with van der Waals surface area (Å²) in [6.45, 7) is 1.71. The van der Waals surface area contributed by atoms with Gasteiger partial charge in [0.2, 0.25) is 11.9 Å². The fourth-order valence-electron chi connectivity index (χ4n) is 1.53. The summed E-state index contributed by atoms with van der Waals surface area (Å²) in [5, 5.41) is 19.5. The number of rotatable bonds is 4. The molecule has 1 amide bonds. The fourth-order valence-corrected chi connectivity index (χ4v) is 1.53. The zero-order chi connectivity index (χ0) is 13.8. The molecule has 0 bridgehead atoms. The number of amides is 1. The first kappa shape index (κ1) is 12.7. The Kier molecular flexibility index (Phi) is 3.51. The monoisotopic (exact) mass is 261 g/mol. The molecule has 98 valence electrons. The average molecular weight is 261 g/mol. The van der Waals surface area contributed by atoms with E-state index in [-0.39, 0.29) is 24.0 Å². The zero-order valence-corrected chi connectivity index (χ0v) is 10.1. The predicted molar refractivity (Wildman–Crippen MR) is 66.5 cm³/mol. The molecule has 2 aromatic rings. The maximum absolute atomic E-state index is 11.7. The number of H-pyrrole nitrogens is 1. The standard InChI is InChI=1S/C11H11N5O3/c1-7-12-11(15-14-7)13-10(17)6-8-3-2-4-9(5-8)16(18)19/h2-5H,6H2,1H3,(H2,12,13,14,15,17). The van der Waals surface area contributed by atoms with E-state index in [1.807, 2.05) is 0 Å². The number of carbonyl (C=O) groups is 1.